The molecule has 1 saturated heterocycles. The van der Waals surface area contributed by atoms with Crippen molar-refractivity contribution in [3.8, 4) is 11.1 Å². The molecule has 0 radical (unpaired) electrons. The molecule has 1 saturated carbocycles. The van der Waals surface area contributed by atoms with Gasteiger partial charge in [0.1, 0.15) is 0 Å². The Balaban J connectivity index is 1.46. The number of likely N-dealkylation sites (tertiary alicyclic amines) is 1. The molecule has 4 rings (SSSR count). The van der Waals surface area contributed by atoms with Gasteiger partial charge in [-0.25, -0.2) is 13.1 Å². The van der Waals surface area contributed by atoms with Crippen LogP contribution in [-0.2, 0) is 14.8 Å². The van der Waals surface area contributed by atoms with Crippen molar-refractivity contribution in [3.63, 3.8) is 0 Å². The van der Waals surface area contributed by atoms with E-state index >= 15 is 0 Å². The van der Waals surface area contributed by atoms with Gasteiger partial charge in [-0.3, -0.25) is 4.79 Å². The number of aryl methyl sites for hydroxylation is 1. The second-order valence-electron chi connectivity index (χ2n) is 8.75. The van der Waals surface area contributed by atoms with Crippen LogP contribution in [0.15, 0.2) is 48.5 Å². The number of hydrogen-bond acceptors (Lipinski definition) is 3. The number of rotatable bonds is 5. The van der Waals surface area contributed by atoms with Crippen LogP contribution in [0.2, 0.25) is 0 Å². The smallest absolute Gasteiger partial charge is 0.226 e. The molecular formula is C24H30N2O3S. The highest BCUT2D eigenvalue weighted by Gasteiger charge is 2.46. The Labute approximate surface area is 179 Å². The van der Waals surface area contributed by atoms with E-state index in [0.717, 1.165) is 19.3 Å². The summed E-state index contributed by atoms with van der Waals surface area (Å²) in [6.45, 7) is 3.43. The fraction of sp³-hybridized carbons (Fsp3) is 0.458. The molecule has 1 heterocycles. The van der Waals surface area contributed by atoms with Gasteiger partial charge >= 0.3 is 0 Å². The van der Waals surface area contributed by atoms with E-state index in [1.54, 1.807) is 0 Å². The number of amides is 1. The Bertz CT molecular complexity index is 1020. The van der Waals surface area contributed by atoms with Gasteiger partial charge in [0.25, 0.3) is 0 Å². The van der Waals surface area contributed by atoms with Crippen molar-refractivity contribution in [2.45, 2.75) is 44.6 Å². The van der Waals surface area contributed by atoms with E-state index in [2.05, 4.69) is 42.0 Å². The van der Waals surface area contributed by atoms with E-state index in [1.807, 2.05) is 23.1 Å². The fourth-order valence-corrected chi connectivity index (χ4v) is 5.49. The van der Waals surface area contributed by atoms with Crippen LogP contribution in [0.5, 0.6) is 0 Å². The second-order valence-corrected chi connectivity index (χ2v) is 10.5. The van der Waals surface area contributed by atoms with Gasteiger partial charge in [0, 0.05) is 25.0 Å². The molecule has 0 aromatic heterocycles. The summed E-state index contributed by atoms with van der Waals surface area (Å²) in [5, 5.41) is 0. The van der Waals surface area contributed by atoms with Crippen molar-refractivity contribution >= 4 is 15.9 Å². The van der Waals surface area contributed by atoms with Crippen LogP contribution in [0, 0.1) is 12.8 Å². The highest BCUT2D eigenvalue weighted by molar-refractivity contribution is 7.88. The van der Waals surface area contributed by atoms with Crippen molar-refractivity contribution in [1.29, 1.82) is 0 Å². The van der Waals surface area contributed by atoms with Crippen molar-refractivity contribution in [1.82, 2.24) is 9.62 Å². The molecule has 1 amide bonds. The summed E-state index contributed by atoms with van der Waals surface area (Å²) in [4.78, 5) is 15.2. The van der Waals surface area contributed by atoms with Crippen LogP contribution in [0.25, 0.3) is 11.1 Å². The number of nitrogens with one attached hydrogen (secondary N) is 1. The number of carbonyl (C=O) groups excluding carboxylic acids is 1. The van der Waals surface area contributed by atoms with Crippen LogP contribution < -0.4 is 4.72 Å². The molecule has 0 spiro atoms. The van der Waals surface area contributed by atoms with Crippen molar-refractivity contribution in [3.05, 3.63) is 59.7 Å². The number of hydrogen-bond donors (Lipinski definition) is 1. The van der Waals surface area contributed by atoms with Gasteiger partial charge < -0.3 is 4.90 Å². The molecule has 5 nitrogen and oxygen atoms in total. The third-order valence-electron chi connectivity index (χ3n) is 6.22. The lowest BCUT2D eigenvalue weighted by molar-refractivity contribution is -0.132. The summed E-state index contributed by atoms with van der Waals surface area (Å²) in [6.07, 6.45) is 4.37. The zero-order valence-electron chi connectivity index (χ0n) is 17.7. The maximum atomic E-state index is 13.2. The van der Waals surface area contributed by atoms with Gasteiger partial charge in [-0.15, -0.1) is 0 Å². The lowest BCUT2D eigenvalue weighted by Crippen LogP contribution is -2.36. The van der Waals surface area contributed by atoms with Gasteiger partial charge in [-0.05, 0) is 55.2 Å². The van der Waals surface area contributed by atoms with Crippen molar-refractivity contribution in [2.24, 2.45) is 5.92 Å². The largest absolute Gasteiger partial charge is 0.342 e. The summed E-state index contributed by atoms with van der Waals surface area (Å²) in [7, 11) is -3.22. The zero-order valence-corrected chi connectivity index (χ0v) is 18.5. The first-order valence-electron chi connectivity index (χ1n) is 10.7. The summed E-state index contributed by atoms with van der Waals surface area (Å²) in [6, 6.07) is 16.8. The van der Waals surface area contributed by atoms with Gasteiger partial charge in [-0.1, -0.05) is 54.1 Å². The second kappa shape index (κ2) is 8.52. The molecule has 1 aliphatic carbocycles. The first-order chi connectivity index (χ1) is 14.3. The molecule has 6 heteroatoms. The molecule has 1 aliphatic heterocycles. The molecule has 0 bridgehead atoms. The third kappa shape index (κ3) is 4.93. The minimum Gasteiger partial charge on any atom is -0.342 e. The summed E-state index contributed by atoms with van der Waals surface area (Å²) in [5.74, 6) is 0.523. The minimum absolute atomic E-state index is 0.0358. The Morgan fingerprint density at radius 1 is 1.07 bits per heavy atom. The topological polar surface area (TPSA) is 66.5 Å². The van der Waals surface area contributed by atoms with Crippen molar-refractivity contribution in [2.75, 3.05) is 19.3 Å². The molecule has 2 aromatic carbocycles. The number of carbonyl (C=O) groups is 1. The lowest BCUT2D eigenvalue weighted by Gasteiger charge is -2.21. The lowest BCUT2D eigenvalue weighted by atomic mass is 9.94. The van der Waals surface area contributed by atoms with E-state index in [0.29, 0.717) is 19.5 Å². The highest BCUT2D eigenvalue weighted by atomic mass is 32.2. The standard InChI is InChI=1S/C24H30N2O3S/c1-17-10-11-20(18-7-4-3-5-8-18)21(15-17)22-16-23(22)24(27)26-13-6-9-19(12-14-26)25-30(2,28)29/h3-5,7-8,10-11,15,19,22-23,25H,6,9,12-14,16H2,1-2H3/t19-,22+,23-/m1/s1. The van der Waals surface area contributed by atoms with Gasteiger partial charge in [0.2, 0.25) is 15.9 Å². The Hall–Kier alpha value is -2.18. The zero-order chi connectivity index (χ0) is 21.3. The summed E-state index contributed by atoms with van der Waals surface area (Å²) >= 11 is 0. The average molecular weight is 427 g/mol. The normalized spacial score (nSPS) is 24.3. The Morgan fingerprint density at radius 2 is 1.83 bits per heavy atom. The molecule has 2 aromatic rings. The van der Waals surface area contributed by atoms with Crippen LogP contribution >= 0.6 is 0 Å². The van der Waals surface area contributed by atoms with Crippen LogP contribution in [-0.4, -0.2) is 44.6 Å². The SMILES string of the molecule is Cc1ccc(-c2ccccc2)c([C@@H]2C[C@H]2C(=O)N2CCC[C@@H](NS(C)(=O)=O)CC2)c1. The van der Waals surface area contributed by atoms with Crippen LogP contribution in [0.4, 0.5) is 0 Å². The van der Waals surface area contributed by atoms with Crippen LogP contribution in [0.3, 0.4) is 0 Å². The predicted molar refractivity (Wildman–Crippen MR) is 120 cm³/mol. The van der Waals surface area contributed by atoms with Crippen molar-refractivity contribution < 1.29 is 13.2 Å². The molecule has 160 valence electrons. The van der Waals surface area contributed by atoms with E-state index in [1.165, 1.54) is 28.5 Å². The fourth-order valence-electron chi connectivity index (χ4n) is 4.65. The highest BCUT2D eigenvalue weighted by Crippen LogP contribution is 2.51. The number of sulfonamides is 1. The molecule has 2 aliphatic rings. The number of benzene rings is 2. The van der Waals surface area contributed by atoms with E-state index in [9.17, 15) is 13.2 Å². The van der Waals surface area contributed by atoms with E-state index < -0.39 is 10.0 Å². The van der Waals surface area contributed by atoms with Gasteiger partial charge in [0.15, 0.2) is 0 Å². The molecule has 30 heavy (non-hydrogen) atoms. The first kappa shape index (κ1) is 21.1. The average Bonchev–Trinajstić information content (AvgIpc) is 3.51. The summed E-state index contributed by atoms with van der Waals surface area (Å²) in [5.41, 5.74) is 4.89. The minimum atomic E-state index is -3.22. The van der Waals surface area contributed by atoms with E-state index in [-0.39, 0.29) is 23.8 Å². The molecular weight excluding hydrogens is 396 g/mol. The molecule has 1 N–H and O–H groups in total. The Kier molecular flexibility index (Phi) is 5.98. The van der Waals surface area contributed by atoms with E-state index in [4.69, 9.17) is 0 Å². The monoisotopic (exact) mass is 426 g/mol. The maximum Gasteiger partial charge on any atom is 0.226 e. The maximum absolute atomic E-state index is 13.2. The van der Waals surface area contributed by atoms with Crippen LogP contribution in [0.1, 0.15) is 42.7 Å². The Morgan fingerprint density at radius 3 is 2.57 bits per heavy atom. The summed E-state index contributed by atoms with van der Waals surface area (Å²) < 4.78 is 25.8. The van der Waals surface area contributed by atoms with Gasteiger partial charge in [0.05, 0.1) is 6.26 Å². The first-order valence-corrected chi connectivity index (χ1v) is 12.6. The molecule has 3 atom stereocenters. The third-order valence-corrected chi connectivity index (χ3v) is 6.98. The van der Waals surface area contributed by atoms with Gasteiger partial charge in [-0.2, -0.15) is 0 Å². The molecule has 2 fully saturated rings. The molecule has 0 unspecified atom stereocenters. The predicted octanol–water partition coefficient (Wildman–Crippen LogP) is 3.70. The quantitative estimate of drug-likeness (QED) is 0.793. The number of nitrogens with zero attached hydrogens (tertiary/aromatic N) is 1.